The lowest BCUT2D eigenvalue weighted by Crippen LogP contribution is -2.33. The molecule has 2 aromatic rings. The lowest BCUT2D eigenvalue weighted by Gasteiger charge is -2.21. The van der Waals surface area contributed by atoms with Gasteiger partial charge in [-0.15, -0.1) is 0 Å². The lowest BCUT2D eigenvalue weighted by atomic mass is 10.0. The third-order valence-corrected chi connectivity index (χ3v) is 4.00. The zero-order chi connectivity index (χ0) is 15.9. The smallest absolute Gasteiger partial charge is 0.118 e. The van der Waals surface area contributed by atoms with Gasteiger partial charge in [-0.2, -0.15) is 0 Å². The number of phenolic OH excluding ortho intramolecular Hbond substituents is 1. The van der Waals surface area contributed by atoms with Crippen molar-refractivity contribution in [3.8, 4) is 5.75 Å². The number of phenols is 1. The second-order valence-corrected chi connectivity index (χ2v) is 5.82. The fourth-order valence-electron chi connectivity index (χ4n) is 2.48. The standard InChI is InChI=1S/C19H25NO2/c1-14-10-11-17(13-18(14)21)19(22)15(2)20-12-6-9-16-7-4-3-5-8-16/h3-5,7-8,10-11,13,15,19-22H,6,9,12H2,1-2H3. The van der Waals surface area contributed by atoms with Crippen LogP contribution in [0.1, 0.15) is 36.1 Å². The molecule has 0 aliphatic heterocycles. The van der Waals surface area contributed by atoms with Crippen LogP contribution in [0.3, 0.4) is 0 Å². The highest BCUT2D eigenvalue weighted by Gasteiger charge is 2.16. The molecule has 0 bridgehead atoms. The number of nitrogens with one attached hydrogen (secondary N) is 1. The minimum absolute atomic E-state index is 0.0575. The molecule has 0 radical (unpaired) electrons. The third-order valence-electron chi connectivity index (χ3n) is 4.00. The maximum absolute atomic E-state index is 10.3. The SMILES string of the molecule is Cc1ccc(C(O)C(C)NCCCc2ccccc2)cc1O. The van der Waals surface area contributed by atoms with Crippen molar-refractivity contribution >= 4 is 0 Å². The van der Waals surface area contributed by atoms with Crippen molar-refractivity contribution in [2.45, 2.75) is 38.8 Å². The first kappa shape index (κ1) is 16.5. The van der Waals surface area contributed by atoms with Crippen molar-refractivity contribution in [3.05, 3.63) is 65.2 Å². The van der Waals surface area contributed by atoms with E-state index in [0.29, 0.717) is 0 Å². The number of hydrogen-bond acceptors (Lipinski definition) is 3. The fraction of sp³-hybridized carbons (Fsp3) is 0.368. The predicted octanol–water partition coefficient (Wildman–Crippen LogP) is 3.34. The summed E-state index contributed by atoms with van der Waals surface area (Å²) in [4.78, 5) is 0. The molecule has 2 atom stereocenters. The maximum Gasteiger partial charge on any atom is 0.118 e. The van der Waals surface area contributed by atoms with Crippen molar-refractivity contribution in [1.82, 2.24) is 5.32 Å². The van der Waals surface area contributed by atoms with E-state index in [1.54, 1.807) is 6.07 Å². The molecule has 0 fully saturated rings. The molecule has 0 amide bonds. The van der Waals surface area contributed by atoms with Gasteiger partial charge in [0.25, 0.3) is 0 Å². The Labute approximate surface area is 132 Å². The van der Waals surface area contributed by atoms with Crippen LogP contribution in [-0.4, -0.2) is 22.8 Å². The first-order valence-electron chi connectivity index (χ1n) is 7.83. The van der Waals surface area contributed by atoms with E-state index in [9.17, 15) is 10.2 Å². The Morgan fingerprint density at radius 1 is 1.09 bits per heavy atom. The van der Waals surface area contributed by atoms with Crippen molar-refractivity contribution in [2.24, 2.45) is 0 Å². The molecule has 0 saturated carbocycles. The van der Waals surface area contributed by atoms with E-state index in [1.165, 1.54) is 5.56 Å². The summed E-state index contributed by atoms with van der Waals surface area (Å²) in [6, 6.07) is 15.7. The van der Waals surface area contributed by atoms with E-state index in [2.05, 4.69) is 29.6 Å². The van der Waals surface area contributed by atoms with E-state index >= 15 is 0 Å². The minimum Gasteiger partial charge on any atom is -0.508 e. The Morgan fingerprint density at radius 2 is 1.82 bits per heavy atom. The monoisotopic (exact) mass is 299 g/mol. The van der Waals surface area contributed by atoms with Crippen LogP contribution in [0.25, 0.3) is 0 Å². The van der Waals surface area contributed by atoms with Crippen molar-refractivity contribution in [1.29, 1.82) is 0 Å². The summed E-state index contributed by atoms with van der Waals surface area (Å²) >= 11 is 0. The molecular formula is C19H25NO2. The van der Waals surface area contributed by atoms with Crippen LogP contribution in [0.15, 0.2) is 48.5 Å². The molecule has 22 heavy (non-hydrogen) atoms. The summed E-state index contributed by atoms with van der Waals surface area (Å²) in [7, 11) is 0. The fourth-order valence-corrected chi connectivity index (χ4v) is 2.48. The van der Waals surface area contributed by atoms with Crippen LogP contribution < -0.4 is 5.32 Å². The van der Waals surface area contributed by atoms with Gasteiger partial charge in [0.15, 0.2) is 0 Å². The molecule has 118 valence electrons. The summed E-state index contributed by atoms with van der Waals surface area (Å²) in [5.74, 6) is 0.229. The van der Waals surface area contributed by atoms with Gasteiger partial charge in [-0.25, -0.2) is 0 Å². The van der Waals surface area contributed by atoms with Crippen molar-refractivity contribution in [3.63, 3.8) is 0 Å². The quantitative estimate of drug-likeness (QED) is 0.687. The largest absolute Gasteiger partial charge is 0.508 e. The van der Waals surface area contributed by atoms with Gasteiger partial charge in [-0.3, -0.25) is 0 Å². The summed E-state index contributed by atoms with van der Waals surface area (Å²) in [6.07, 6.45) is 1.44. The molecule has 0 aliphatic carbocycles. The Bertz CT molecular complexity index is 583. The summed E-state index contributed by atoms with van der Waals surface area (Å²) < 4.78 is 0. The van der Waals surface area contributed by atoms with Gasteiger partial charge in [0.2, 0.25) is 0 Å². The van der Waals surface area contributed by atoms with E-state index < -0.39 is 6.10 Å². The number of benzene rings is 2. The van der Waals surface area contributed by atoms with Crippen LogP contribution in [0.5, 0.6) is 5.75 Å². The highest BCUT2D eigenvalue weighted by atomic mass is 16.3. The zero-order valence-corrected chi connectivity index (χ0v) is 13.3. The van der Waals surface area contributed by atoms with Gasteiger partial charge in [0.1, 0.15) is 5.75 Å². The van der Waals surface area contributed by atoms with E-state index in [4.69, 9.17) is 0 Å². The molecule has 2 aromatic carbocycles. The summed E-state index contributed by atoms with van der Waals surface area (Å²) in [5, 5.41) is 23.4. The highest BCUT2D eigenvalue weighted by molar-refractivity contribution is 5.36. The van der Waals surface area contributed by atoms with Crippen molar-refractivity contribution in [2.75, 3.05) is 6.54 Å². The number of aliphatic hydroxyl groups excluding tert-OH is 1. The van der Waals surface area contributed by atoms with Gasteiger partial charge in [-0.1, -0.05) is 42.5 Å². The topological polar surface area (TPSA) is 52.5 Å². The van der Waals surface area contributed by atoms with Crippen LogP contribution in [0.4, 0.5) is 0 Å². The Kier molecular flexibility index (Phi) is 5.99. The van der Waals surface area contributed by atoms with Crippen LogP contribution >= 0.6 is 0 Å². The average Bonchev–Trinajstić information content (AvgIpc) is 2.54. The van der Waals surface area contributed by atoms with Gasteiger partial charge in [0, 0.05) is 6.04 Å². The molecule has 0 spiro atoms. The van der Waals surface area contributed by atoms with Gasteiger partial charge >= 0.3 is 0 Å². The molecule has 0 aromatic heterocycles. The molecule has 2 unspecified atom stereocenters. The van der Waals surface area contributed by atoms with Gasteiger partial charge in [-0.05, 0) is 56.0 Å². The minimum atomic E-state index is -0.622. The maximum atomic E-state index is 10.3. The van der Waals surface area contributed by atoms with Crippen LogP contribution in [0.2, 0.25) is 0 Å². The molecule has 0 aliphatic rings. The molecule has 3 heteroatoms. The summed E-state index contributed by atoms with van der Waals surface area (Å²) in [5.41, 5.74) is 2.89. The Hall–Kier alpha value is -1.84. The first-order chi connectivity index (χ1) is 10.6. The van der Waals surface area contributed by atoms with Crippen molar-refractivity contribution < 1.29 is 10.2 Å². The predicted molar refractivity (Wildman–Crippen MR) is 90.0 cm³/mol. The second-order valence-electron chi connectivity index (χ2n) is 5.82. The van der Waals surface area contributed by atoms with Gasteiger partial charge in [0.05, 0.1) is 6.10 Å². The highest BCUT2D eigenvalue weighted by Crippen LogP contribution is 2.24. The molecule has 3 nitrogen and oxygen atoms in total. The second kappa shape index (κ2) is 7.97. The normalized spacial score (nSPS) is 13.8. The number of aliphatic hydroxyl groups is 1. The molecule has 3 N–H and O–H groups in total. The van der Waals surface area contributed by atoms with Crippen LogP contribution in [0, 0.1) is 6.92 Å². The Morgan fingerprint density at radius 3 is 2.50 bits per heavy atom. The first-order valence-corrected chi connectivity index (χ1v) is 7.83. The van der Waals surface area contributed by atoms with Gasteiger partial charge < -0.3 is 15.5 Å². The average molecular weight is 299 g/mol. The molecule has 2 rings (SSSR count). The number of aryl methyl sites for hydroxylation is 2. The van der Waals surface area contributed by atoms with E-state index in [1.807, 2.05) is 32.0 Å². The number of aromatic hydroxyl groups is 1. The molecule has 0 heterocycles. The van der Waals surface area contributed by atoms with Crippen LogP contribution in [-0.2, 0) is 6.42 Å². The van der Waals surface area contributed by atoms with E-state index in [0.717, 1.165) is 30.5 Å². The van der Waals surface area contributed by atoms with E-state index in [-0.39, 0.29) is 11.8 Å². The molecule has 0 saturated heterocycles. The third kappa shape index (κ3) is 4.58. The number of rotatable bonds is 7. The number of hydrogen-bond donors (Lipinski definition) is 3. The molecular weight excluding hydrogens is 274 g/mol. The summed E-state index contributed by atoms with van der Waals surface area (Å²) in [6.45, 7) is 4.66. The zero-order valence-electron chi connectivity index (χ0n) is 13.3. The Balaban J connectivity index is 1.78. The lowest BCUT2D eigenvalue weighted by molar-refractivity contribution is 0.136.